The van der Waals surface area contributed by atoms with Gasteiger partial charge in [-0.2, -0.15) is 5.26 Å². The number of halogens is 2. The number of nitrogens with zero attached hydrogens (tertiary/aromatic N) is 2. The van der Waals surface area contributed by atoms with Gasteiger partial charge in [0, 0.05) is 6.20 Å². The standard InChI is InChI=1S/C8H5Cl2N3O/c9-5-3-6(10)8(12-4-5)13-7(14)1-2-11/h3-4H,1H2,(H,12,13,14). The van der Waals surface area contributed by atoms with Crippen molar-refractivity contribution >= 4 is 34.9 Å². The monoisotopic (exact) mass is 229 g/mol. The average Bonchev–Trinajstić information content (AvgIpc) is 2.10. The molecule has 1 heterocycles. The van der Waals surface area contributed by atoms with Gasteiger partial charge in [0.15, 0.2) is 5.82 Å². The molecule has 0 atom stereocenters. The summed E-state index contributed by atoms with van der Waals surface area (Å²) in [5.74, 6) is -0.250. The lowest BCUT2D eigenvalue weighted by atomic mass is 10.4. The molecule has 6 heteroatoms. The van der Waals surface area contributed by atoms with Crippen LogP contribution in [0.3, 0.4) is 0 Å². The van der Waals surface area contributed by atoms with E-state index in [0.717, 1.165) is 0 Å². The zero-order valence-electron chi connectivity index (χ0n) is 6.92. The van der Waals surface area contributed by atoms with Crippen LogP contribution in [-0.4, -0.2) is 10.9 Å². The third-order valence-electron chi connectivity index (χ3n) is 1.31. The number of nitrogens with one attached hydrogen (secondary N) is 1. The molecule has 0 aliphatic carbocycles. The van der Waals surface area contributed by atoms with Crippen LogP contribution in [0.2, 0.25) is 10.0 Å². The fraction of sp³-hybridized carbons (Fsp3) is 0.125. The first-order chi connectivity index (χ1) is 6.63. The third-order valence-corrected chi connectivity index (χ3v) is 1.80. The maximum atomic E-state index is 11.0. The topological polar surface area (TPSA) is 65.8 Å². The van der Waals surface area contributed by atoms with Crippen molar-refractivity contribution in [3.05, 3.63) is 22.3 Å². The zero-order valence-corrected chi connectivity index (χ0v) is 8.43. The van der Waals surface area contributed by atoms with Crippen LogP contribution in [0.4, 0.5) is 5.82 Å². The van der Waals surface area contributed by atoms with E-state index in [1.807, 2.05) is 0 Å². The largest absolute Gasteiger partial charge is 0.309 e. The van der Waals surface area contributed by atoms with Gasteiger partial charge in [-0.05, 0) is 6.07 Å². The summed E-state index contributed by atoms with van der Waals surface area (Å²) in [6.07, 6.45) is 1.12. The lowest BCUT2D eigenvalue weighted by molar-refractivity contribution is -0.115. The number of rotatable bonds is 2. The number of aromatic nitrogens is 1. The molecule has 0 aliphatic heterocycles. The minimum absolute atomic E-state index is 0.205. The van der Waals surface area contributed by atoms with Crippen molar-refractivity contribution in [2.24, 2.45) is 0 Å². The van der Waals surface area contributed by atoms with E-state index in [1.165, 1.54) is 12.3 Å². The maximum absolute atomic E-state index is 11.0. The van der Waals surface area contributed by atoms with Crippen LogP contribution in [0.1, 0.15) is 6.42 Å². The molecule has 0 radical (unpaired) electrons. The Hall–Kier alpha value is -1.31. The van der Waals surface area contributed by atoms with Crippen LogP contribution in [0.5, 0.6) is 0 Å². The molecular weight excluding hydrogens is 225 g/mol. The SMILES string of the molecule is N#CCC(=O)Nc1ncc(Cl)cc1Cl. The van der Waals surface area contributed by atoms with E-state index in [0.29, 0.717) is 5.02 Å². The zero-order chi connectivity index (χ0) is 10.6. The normalized spacial score (nSPS) is 9.21. The smallest absolute Gasteiger partial charge is 0.239 e. The Kier molecular flexibility index (Phi) is 3.69. The fourth-order valence-electron chi connectivity index (χ4n) is 0.755. The molecule has 0 bridgehead atoms. The first kappa shape index (κ1) is 10.8. The second-order valence-corrected chi connectivity index (χ2v) is 3.21. The van der Waals surface area contributed by atoms with Gasteiger partial charge < -0.3 is 5.32 Å². The second-order valence-electron chi connectivity index (χ2n) is 2.37. The van der Waals surface area contributed by atoms with E-state index in [1.54, 1.807) is 6.07 Å². The van der Waals surface area contributed by atoms with Crippen molar-refractivity contribution in [3.8, 4) is 6.07 Å². The Bertz CT molecular complexity index is 400. The van der Waals surface area contributed by atoms with Crippen LogP contribution >= 0.6 is 23.2 Å². The van der Waals surface area contributed by atoms with Gasteiger partial charge in [-0.15, -0.1) is 0 Å². The highest BCUT2D eigenvalue weighted by Crippen LogP contribution is 2.22. The summed E-state index contributed by atoms with van der Waals surface area (Å²) in [4.78, 5) is 14.8. The molecule has 0 spiro atoms. The van der Waals surface area contributed by atoms with Gasteiger partial charge >= 0.3 is 0 Å². The lowest BCUT2D eigenvalue weighted by Gasteiger charge is -2.03. The Morgan fingerprint density at radius 1 is 1.64 bits per heavy atom. The van der Waals surface area contributed by atoms with Crippen molar-refractivity contribution in [1.29, 1.82) is 5.26 Å². The quantitative estimate of drug-likeness (QED) is 0.847. The third kappa shape index (κ3) is 2.87. The molecule has 0 saturated heterocycles. The van der Waals surface area contributed by atoms with E-state index in [-0.39, 0.29) is 17.3 Å². The Morgan fingerprint density at radius 3 is 2.93 bits per heavy atom. The molecule has 0 aromatic carbocycles. The molecule has 0 saturated carbocycles. The van der Waals surface area contributed by atoms with Crippen LogP contribution in [0.15, 0.2) is 12.3 Å². The molecule has 0 fully saturated rings. The summed E-state index contributed by atoms with van der Waals surface area (Å²) in [5, 5.41) is 11.2. The van der Waals surface area contributed by atoms with Gasteiger partial charge in [-0.25, -0.2) is 4.98 Å². The number of carbonyl (C=O) groups is 1. The molecule has 1 aromatic rings. The number of pyridine rings is 1. The minimum Gasteiger partial charge on any atom is -0.309 e. The summed E-state index contributed by atoms with van der Waals surface area (Å²) in [6.45, 7) is 0. The van der Waals surface area contributed by atoms with E-state index in [4.69, 9.17) is 28.5 Å². The molecule has 0 aliphatic rings. The highest BCUT2D eigenvalue weighted by Gasteiger charge is 2.06. The number of nitriles is 1. The van der Waals surface area contributed by atoms with Crippen LogP contribution < -0.4 is 5.32 Å². The Labute approximate surface area is 90.5 Å². The van der Waals surface area contributed by atoms with Crippen LogP contribution in [0, 0.1) is 11.3 Å². The molecule has 1 N–H and O–H groups in total. The summed E-state index contributed by atoms with van der Waals surface area (Å²) >= 11 is 11.3. The van der Waals surface area contributed by atoms with Crippen molar-refractivity contribution in [3.63, 3.8) is 0 Å². The van der Waals surface area contributed by atoms with Crippen LogP contribution in [-0.2, 0) is 4.79 Å². The number of amides is 1. The van der Waals surface area contributed by atoms with Gasteiger partial charge in [-0.3, -0.25) is 4.79 Å². The number of hydrogen-bond acceptors (Lipinski definition) is 3. The lowest BCUT2D eigenvalue weighted by Crippen LogP contribution is -2.11. The highest BCUT2D eigenvalue weighted by atomic mass is 35.5. The molecule has 1 rings (SSSR count). The second kappa shape index (κ2) is 4.80. The van der Waals surface area contributed by atoms with Gasteiger partial charge in [-0.1, -0.05) is 23.2 Å². The van der Waals surface area contributed by atoms with E-state index in [2.05, 4.69) is 10.3 Å². The molecule has 0 unspecified atom stereocenters. The summed E-state index contributed by atoms with van der Waals surface area (Å²) in [5.41, 5.74) is 0. The Balaban J connectivity index is 2.78. The van der Waals surface area contributed by atoms with Crippen molar-refractivity contribution in [1.82, 2.24) is 4.98 Å². The van der Waals surface area contributed by atoms with E-state index in [9.17, 15) is 4.79 Å². The summed E-state index contributed by atoms with van der Waals surface area (Å²) in [7, 11) is 0. The fourth-order valence-corrected chi connectivity index (χ4v) is 1.18. The van der Waals surface area contributed by atoms with Crippen molar-refractivity contribution in [2.75, 3.05) is 5.32 Å². The molecule has 14 heavy (non-hydrogen) atoms. The number of carbonyl (C=O) groups excluding carboxylic acids is 1. The number of hydrogen-bond donors (Lipinski definition) is 1. The van der Waals surface area contributed by atoms with Crippen molar-refractivity contribution in [2.45, 2.75) is 6.42 Å². The average molecular weight is 230 g/mol. The van der Waals surface area contributed by atoms with Gasteiger partial charge in [0.25, 0.3) is 0 Å². The molecule has 72 valence electrons. The van der Waals surface area contributed by atoms with Gasteiger partial charge in [0.2, 0.25) is 5.91 Å². The van der Waals surface area contributed by atoms with E-state index >= 15 is 0 Å². The van der Waals surface area contributed by atoms with Gasteiger partial charge in [0.1, 0.15) is 6.42 Å². The van der Waals surface area contributed by atoms with E-state index < -0.39 is 5.91 Å². The Morgan fingerprint density at radius 2 is 2.36 bits per heavy atom. The molecule has 1 amide bonds. The predicted molar refractivity (Wildman–Crippen MR) is 53.1 cm³/mol. The first-order valence-electron chi connectivity index (χ1n) is 3.61. The molecule has 4 nitrogen and oxygen atoms in total. The predicted octanol–water partition coefficient (Wildman–Crippen LogP) is 2.24. The molecular formula is C8H5Cl2N3O. The maximum Gasteiger partial charge on any atom is 0.239 e. The molecule has 1 aromatic heterocycles. The first-order valence-corrected chi connectivity index (χ1v) is 4.37. The minimum atomic E-state index is -0.454. The summed E-state index contributed by atoms with van der Waals surface area (Å²) in [6, 6.07) is 3.17. The van der Waals surface area contributed by atoms with Crippen molar-refractivity contribution < 1.29 is 4.79 Å². The number of anilines is 1. The van der Waals surface area contributed by atoms with Gasteiger partial charge in [0.05, 0.1) is 16.1 Å². The summed E-state index contributed by atoms with van der Waals surface area (Å²) < 4.78 is 0. The van der Waals surface area contributed by atoms with Crippen LogP contribution in [0.25, 0.3) is 0 Å². The highest BCUT2D eigenvalue weighted by molar-refractivity contribution is 6.36.